The first-order valence-electron chi connectivity index (χ1n) is 16.3. The number of aryl methyl sites for hydroxylation is 1. The van der Waals surface area contributed by atoms with Crippen LogP contribution in [0.25, 0.3) is 5.69 Å². The Morgan fingerprint density at radius 1 is 0.681 bits per heavy atom. The van der Waals surface area contributed by atoms with Gasteiger partial charge in [-0.2, -0.15) is 5.10 Å². The number of aromatic nitrogens is 2. The van der Waals surface area contributed by atoms with E-state index in [0.29, 0.717) is 0 Å². The van der Waals surface area contributed by atoms with E-state index in [4.69, 9.17) is 15.1 Å². The number of hydrogen-bond donors (Lipinski definition) is 0. The quantitative estimate of drug-likeness (QED) is 0.204. The predicted molar refractivity (Wildman–Crippen MR) is 189 cm³/mol. The van der Waals surface area contributed by atoms with Crippen LogP contribution < -0.4 is 9.80 Å². The van der Waals surface area contributed by atoms with Gasteiger partial charge in [-0.1, -0.05) is 75.4 Å². The minimum Gasteiger partial charge on any atom is -0.368 e. The molecule has 4 heterocycles. The lowest BCUT2D eigenvalue weighted by atomic mass is 9.85. The largest absolute Gasteiger partial charge is 0.368 e. The molecule has 0 saturated carbocycles. The number of benzene rings is 4. The van der Waals surface area contributed by atoms with E-state index in [1.807, 2.05) is 35.0 Å². The standard InChI is InChI=1S/C39H38FN7/c1-26-34-35(27-14-16-28(17-15-27)39(2,3)4)46-33-13-9-8-12-32(33)41-37(38(46)42-36(34)47(43-26)31-10-6-5-7-11-31)45-24-22-44(23-25-45)30-20-18-29(40)19-21-30/h5-21,35H,22-25H2,1-4H3/t35-/m1/s1. The molecule has 1 atom stereocenters. The van der Waals surface area contributed by atoms with Crippen LogP contribution in [0.5, 0.6) is 0 Å². The Balaban J connectivity index is 1.27. The first-order chi connectivity index (χ1) is 22.8. The van der Waals surface area contributed by atoms with E-state index in [1.165, 1.54) is 23.3 Å². The van der Waals surface area contributed by atoms with Crippen LogP contribution in [0.4, 0.5) is 27.3 Å². The molecule has 0 spiro atoms. The van der Waals surface area contributed by atoms with Gasteiger partial charge in [-0.15, -0.1) is 0 Å². The molecule has 3 aliphatic heterocycles. The van der Waals surface area contributed by atoms with Crippen LogP contribution >= 0.6 is 0 Å². The van der Waals surface area contributed by atoms with Crippen LogP contribution in [0.15, 0.2) is 113 Å². The lowest BCUT2D eigenvalue weighted by Gasteiger charge is -2.44. The predicted octanol–water partition coefficient (Wildman–Crippen LogP) is 8.12. The van der Waals surface area contributed by atoms with Gasteiger partial charge >= 0.3 is 0 Å². The van der Waals surface area contributed by atoms with Crippen molar-refractivity contribution in [2.75, 3.05) is 36.0 Å². The summed E-state index contributed by atoms with van der Waals surface area (Å²) in [7, 11) is 0. The van der Waals surface area contributed by atoms with Crippen molar-refractivity contribution >= 4 is 34.6 Å². The van der Waals surface area contributed by atoms with E-state index >= 15 is 0 Å². The number of amidine groups is 2. The summed E-state index contributed by atoms with van der Waals surface area (Å²) < 4.78 is 15.6. The number of fused-ring (bicyclic) bond motifs is 4. The molecular formula is C39H38FN7. The van der Waals surface area contributed by atoms with Crippen LogP contribution in [0.3, 0.4) is 0 Å². The average molecular weight is 624 g/mol. The number of para-hydroxylation sites is 3. The van der Waals surface area contributed by atoms with Crippen LogP contribution in [0, 0.1) is 12.7 Å². The summed E-state index contributed by atoms with van der Waals surface area (Å²) in [6, 6.07) is 34.3. The van der Waals surface area contributed by atoms with Crippen molar-refractivity contribution in [3.63, 3.8) is 0 Å². The third-order valence-corrected chi connectivity index (χ3v) is 9.48. The molecule has 1 saturated heterocycles. The number of piperazine rings is 1. The van der Waals surface area contributed by atoms with Gasteiger partial charge in [-0.25, -0.2) is 19.1 Å². The number of anilines is 2. The minimum absolute atomic E-state index is 0.0462. The number of nitrogens with zero attached hydrogens (tertiary/aromatic N) is 7. The Kier molecular flexibility index (Phi) is 6.97. The molecule has 0 aliphatic carbocycles. The zero-order chi connectivity index (χ0) is 32.3. The summed E-state index contributed by atoms with van der Waals surface area (Å²) in [6.45, 7) is 12.0. The molecule has 47 heavy (non-hydrogen) atoms. The van der Waals surface area contributed by atoms with Gasteiger partial charge in [0.2, 0.25) is 0 Å². The molecule has 1 aromatic heterocycles. The molecule has 236 valence electrons. The lowest BCUT2D eigenvalue weighted by molar-refractivity contribution is 0.389. The second-order valence-corrected chi connectivity index (χ2v) is 13.5. The first kappa shape index (κ1) is 29.2. The van der Waals surface area contributed by atoms with E-state index in [-0.39, 0.29) is 17.3 Å². The summed E-state index contributed by atoms with van der Waals surface area (Å²) in [5.41, 5.74) is 8.53. The molecule has 1 fully saturated rings. The first-order valence-corrected chi connectivity index (χ1v) is 16.3. The van der Waals surface area contributed by atoms with Gasteiger partial charge in [0.25, 0.3) is 0 Å². The third kappa shape index (κ3) is 5.08. The highest BCUT2D eigenvalue weighted by Gasteiger charge is 2.43. The molecular weight excluding hydrogens is 585 g/mol. The Bertz CT molecular complexity index is 2000. The number of aliphatic imine (C=N–C) groups is 2. The molecule has 8 heteroatoms. The second kappa shape index (κ2) is 11.2. The summed E-state index contributed by atoms with van der Waals surface area (Å²) >= 11 is 0. The highest BCUT2D eigenvalue weighted by molar-refractivity contribution is 6.48. The molecule has 4 aromatic carbocycles. The van der Waals surface area contributed by atoms with Crippen molar-refractivity contribution in [1.82, 2.24) is 14.7 Å². The Hall–Kier alpha value is -5.24. The molecule has 0 unspecified atom stereocenters. The number of halogens is 1. The third-order valence-electron chi connectivity index (χ3n) is 9.48. The molecule has 7 nitrogen and oxygen atoms in total. The van der Waals surface area contributed by atoms with Crippen LogP contribution in [0.1, 0.15) is 49.2 Å². The van der Waals surface area contributed by atoms with E-state index in [2.05, 4.69) is 103 Å². The normalized spacial score (nSPS) is 17.5. The van der Waals surface area contributed by atoms with Gasteiger partial charge in [0.05, 0.1) is 28.8 Å². The Morgan fingerprint density at radius 3 is 2.04 bits per heavy atom. The molecule has 3 aliphatic rings. The van der Waals surface area contributed by atoms with Crippen molar-refractivity contribution in [2.24, 2.45) is 9.98 Å². The smallest absolute Gasteiger partial charge is 0.179 e. The molecule has 0 bridgehead atoms. The second-order valence-electron chi connectivity index (χ2n) is 13.5. The van der Waals surface area contributed by atoms with E-state index in [1.54, 1.807) is 0 Å². The van der Waals surface area contributed by atoms with Gasteiger partial charge in [-0.3, -0.25) is 0 Å². The van der Waals surface area contributed by atoms with Crippen LogP contribution in [-0.4, -0.2) is 52.5 Å². The van der Waals surface area contributed by atoms with Crippen molar-refractivity contribution in [3.05, 3.63) is 131 Å². The van der Waals surface area contributed by atoms with Gasteiger partial charge in [0, 0.05) is 37.4 Å². The molecule has 5 aromatic rings. The zero-order valence-corrected chi connectivity index (χ0v) is 27.2. The van der Waals surface area contributed by atoms with Crippen LogP contribution in [-0.2, 0) is 5.41 Å². The maximum atomic E-state index is 13.6. The van der Waals surface area contributed by atoms with Gasteiger partial charge in [-0.05, 0) is 72.0 Å². The molecule has 0 radical (unpaired) electrons. The fraction of sp³-hybridized carbons (Fsp3) is 0.256. The maximum absolute atomic E-state index is 13.6. The summed E-state index contributed by atoms with van der Waals surface area (Å²) in [4.78, 5) is 17.8. The van der Waals surface area contributed by atoms with E-state index < -0.39 is 0 Å². The summed E-state index contributed by atoms with van der Waals surface area (Å²) in [5, 5.41) is 5.09. The number of hydrogen-bond acceptors (Lipinski definition) is 6. The van der Waals surface area contributed by atoms with Gasteiger partial charge in [0.1, 0.15) is 5.82 Å². The topological polar surface area (TPSA) is 52.3 Å². The fourth-order valence-electron chi connectivity index (χ4n) is 6.97. The summed E-state index contributed by atoms with van der Waals surface area (Å²) in [6.07, 6.45) is 0. The highest BCUT2D eigenvalue weighted by Crippen LogP contribution is 2.48. The summed E-state index contributed by atoms with van der Waals surface area (Å²) in [5.74, 6) is 2.31. The van der Waals surface area contributed by atoms with E-state index in [9.17, 15) is 4.39 Å². The van der Waals surface area contributed by atoms with Crippen molar-refractivity contribution in [2.45, 2.75) is 39.2 Å². The SMILES string of the molecule is Cc1nn(-c2ccccc2)c2c1[C@@H](c1ccc(C(C)(C)C)cc1)N1C(=N2)C(N2CCN(c3ccc(F)cc3)CC2)=Nc2ccccc21. The van der Waals surface area contributed by atoms with Crippen molar-refractivity contribution < 1.29 is 4.39 Å². The van der Waals surface area contributed by atoms with Gasteiger partial charge in [0.15, 0.2) is 17.5 Å². The number of rotatable bonds is 3. The lowest BCUT2D eigenvalue weighted by Crippen LogP contribution is -2.55. The molecule has 0 N–H and O–H groups in total. The van der Waals surface area contributed by atoms with Crippen molar-refractivity contribution in [3.8, 4) is 5.69 Å². The highest BCUT2D eigenvalue weighted by atomic mass is 19.1. The monoisotopic (exact) mass is 623 g/mol. The zero-order valence-electron chi connectivity index (χ0n) is 27.2. The fourth-order valence-corrected chi connectivity index (χ4v) is 6.97. The maximum Gasteiger partial charge on any atom is 0.179 e. The van der Waals surface area contributed by atoms with E-state index in [0.717, 1.165) is 77.7 Å². The Labute approximate surface area is 275 Å². The van der Waals surface area contributed by atoms with Crippen molar-refractivity contribution in [1.29, 1.82) is 0 Å². The molecule has 0 amide bonds. The molecule has 8 rings (SSSR count). The Morgan fingerprint density at radius 2 is 1.34 bits per heavy atom. The van der Waals surface area contributed by atoms with Crippen LogP contribution in [0.2, 0.25) is 0 Å². The average Bonchev–Trinajstić information content (AvgIpc) is 3.43. The minimum atomic E-state index is -0.218. The van der Waals surface area contributed by atoms with Gasteiger partial charge < -0.3 is 14.7 Å².